The Bertz CT molecular complexity index is 629. The summed E-state index contributed by atoms with van der Waals surface area (Å²) in [5, 5.41) is 0. The molecule has 0 unspecified atom stereocenters. The van der Waals surface area contributed by atoms with Crippen molar-refractivity contribution in [2.45, 2.75) is 26.1 Å². The van der Waals surface area contributed by atoms with Gasteiger partial charge in [-0.25, -0.2) is 9.97 Å². The Kier molecular flexibility index (Phi) is 4.30. The van der Waals surface area contributed by atoms with Crippen molar-refractivity contribution in [2.75, 3.05) is 5.73 Å². The Hall–Kier alpha value is -2.31. The van der Waals surface area contributed by atoms with Crippen LogP contribution in [0.3, 0.4) is 0 Å². The number of nitrogen functional groups attached to an aromatic ring is 1. The zero-order valence-corrected chi connectivity index (χ0v) is 11.3. The van der Waals surface area contributed by atoms with Gasteiger partial charge in [0.25, 0.3) is 0 Å². The molecule has 2 N–H and O–H groups in total. The molecule has 2 aromatic rings. The van der Waals surface area contributed by atoms with E-state index in [0.717, 1.165) is 6.42 Å². The Morgan fingerprint density at radius 2 is 1.90 bits per heavy atom. The molecule has 2 rings (SSSR count). The molecule has 0 aliphatic rings. The molecule has 21 heavy (non-hydrogen) atoms. The summed E-state index contributed by atoms with van der Waals surface area (Å²) in [7, 11) is 0. The normalized spacial score (nSPS) is 11.4. The van der Waals surface area contributed by atoms with E-state index in [4.69, 9.17) is 5.73 Å². The maximum Gasteiger partial charge on any atom is 0.573 e. The quantitative estimate of drug-likeness (QED) is 0.937. The minimum atomic E-state index is -4.76. The average Bonchev–Trinajstić information content (AvgIpc) is 2.40. The molecular weight excluding hydrogens is 283 g/mol. The second kappa shape index (κ2) is 5.99. The van der Waals surface area contributed by atoms with Crippen LogP contribution in [0.1, 0.15) is 18.9 Å². The zero-order chi connectivity index (χ0) is 15.5. The largest absolute Gasteiger partial charge is 0.573 e. The van der Waals surface area contributed by atoms with Gasteiger partial charge in [-0.1, -0.05) is 25.5 Å². The molecule has 1 heterocycles. The van der Waals surface area contributed by atoms with Crippen LogP contribution in [0.4, 0.5) is 19.0 Å². The molecule has 0 fully saturated rings. The van der Waals surface area contributed by atoms with Gasteiger partial charge >= 0.3 is 6.36 Å². The third kappa shape index (κ3) is 3.62. The van der Waals surface area contributed by atoms with E-state index in [0.29, 0.717) is 17.7 Å². The minimum Gasteiger partial charge on any atom is -0.405 e. The number of para-hydroxylation sites is 1. The molecule has 0 aliphatic carbocycles. The van der Waals surface area contributed by atoms with Crippen LogP contribution in [0, 0.1) is 0 Å². The van der Waals surface area contributed by atoms with Crippen molar-refractivity contribution in [1.82, 2.24) is 9.97 Å². The number of nitrogens with zero attached hydrogens (tertiary/aromatic N) is 2. The van der Waals surface area contributed by atoms with E-state index >= 15 is 0 Å². The highest BCUT2D eigenvalue weighted by Gasteiger charge is 2.32. The van der Waals surface area contributed by atoms with Crippen molar-refractivity contribution in [3.8, 4) is 17.0 Å². The van der Waals surface area contributed by atoms with Gasteiger partial charge in [0, 0.05) is 11.1 Å². The molecule has 0 saturated carbocycles. The van der Waals surface area contributed by atoms with E-state index in [2.05, 4.69) is 14.7 Å². The predicted octanol–water partition coefficient (Wildman–Crippen LogP) is 3.58. The van der Waals surface area contributed by atoms with E-state index < -0.39 is 6.36 Å². The maximum atomic E-state index is 12.5. The number of hydrogen-bond acceptors (Lipinski definition) is 4. The van der Waals surface area contributed by atoms with Crippen LogP contribution < -0.4 is 10.5 Å². The third-order valence-corrected chi connectivity index (χ3v) is 2.85. The molecule has 112 valence electrons. The van der Waals surface area contributed by atoms with E-state index in [9.17, 15) is 13.2 Å². The smallest absolute Gasteiger partial charge is 0.405 e. The van der Waals surface area contributed by atoms with Crippen LogP contribution in [0.15, 0.2) is 30.6 Å². The van der Waals surface area contributed by atoms with Gasteiger partial charge in [0.2, 0.25) is 0 Å². The van der Waals surface area contributed by atoms with Crippen LogP contribution in [0.5, 0.6) is 5.75 Å². The van der Waals surface area contributed by atoms with E-state index in [1.165, 1.54) is 24.5 Å². The molecular formula is C14H14F3N3O. The summed E-state index contributed by atoms with van der Waals surface area (Å²) in [5.74, 6) is -0.0379. The van der Waals surface area contributed by atoms with Crippen molar-refractivity contribution in [3.05, 3.63) is 36.2 Å². The number of aromatic nitrogens is 2. The number of halogens is 3. The number of anilines is 1. The lowest BCUT2D eigenvalue weighted by Gasteiger charge is -2.15. The van der Waals surface area contributed by atoms with E-state index in [1.54, 1.807) is 6.07 Å². The van der Waals surface area contributed by atoms with E-state index in [-0.39, 0.29) is 17.1 Å². The van der Waals surface area contributed by atoms with Gasteiger partial charge in [0.1, 0.15) is 17.9 Å². The third-order valence-electron chi connectivity index (χ3n) is 2.85. The first-order chi connectivity index (χ1) is 9.92. The lowest BCUT2D eigenvalue weighted by Crippen LogP contribution is -2.17. The first kappa shape index (κ1) is 15.1. The topological polar surface area (TPSA) is 61.0 Å². The molecule has 1 aromatic carbocycles. The molecule has 4 nitrogen and oxygen atoms in total. The van der Waals surface area contributed by atoms with Gasteiger partial charge in [0.05, 0.1) is 5.69 Å². The van der Waals surface area contributed by atoms with Gasteiger partial charge in [-0.05, 0) is 18.6 Å². The summed E-state index contributed by atoms with van der Waals surface area (Å²) in [6, 6.07) is 5.85. The average molecular weight is 297 g/mol. The molecule has 0 bridgehead atoms. The van der Waals surface area contributed by atoms with Crippen LogP contribution in [0.25, 0.3) is 11.3 Å². The summed E-state index contributed by atoms with van der Waals surface area (Å²) >= 11 is 0. The molecule has 0 aliphatic heterocycles. The van der Waals surface area contributed by atoms with Crippen LogP contribution >= 0.6 is 0 Å². The van der Waals surface area contributed by atoms with Crippen LogP contribution in [0.2, 0.25) is 0 Å². The van der Waals surface area contributed by atoms with Gasteiger partial charge in [-0.3, -0.25) is 0 Å². The lowest BCUT2D eigenvalue weighted by atomic mass is 10.0. The van der Waals surface area contributed by atoms with Gasteiger partial charge in [0.15, 0.2) is 0 Å². The Balaban J connectivity index is 2.55. The SMILES string of the molecule is CCCc1c(N)ncnc1-c1ccccc1OC(F)(F)F. The molecule has 0 spiro atoms. The standard InChI is InChI=1S/C14H14F3N3O/c1-2-5-10-12(19-8-20-13(10)18)9-6-3-4-7-11(9)21-14(15,16)17/h3-4,6-8H,2,5H2,1H3,(H2,18,19,20). The van der Waals surface area contributed by atoms with E-state index in [1.807, 2.05) is 6.92 Å². The van der Waals surface area contributed by atoms with Gasteiger partial charge in [-0.15, -0.1) is 13.2 Å². The summed E-state index contributed by atoms with van der Waals surface area (Å²) in [6.07, 6.45) is -2.19. The summed E-state index contributed by atoms with van der Waals surface area (Å²) < 4.78 is 41.5. The predicted molar refractivity (Wildman–Crippen MR) is 72.6 cm³/mol. The van der Waals surface area contributed by atoms with Crippen molar-refractivity contribution in [2.24, 2.45) is 0 Å². The van der Waals surface area contributed by atoms with Crippen molar-refractivity contribution >= 4 is 5.82 Å². The second-order valence-corrected chi connectivity index (χ2v) is 4.38. The van der Waals surface area contributed by atoms with Crippen molar-refractivity contribution in [3.63, 3.8) is 0 Å². The van der Waals surface area contributed by atoms with Gasteiger partial charge < -0.3 is 10.5 Å². The highest BCUT2D eigenvalue weighted by molar-refractivity contribution is 5.72. The molecule has 7 heteroatoms. The summed E-state index contributed by atoms with van der Waals surface area (Å²) in [5.41, 5.74) is 7.04. The Morgan fingerprint density at radius 1 is 1.19 bits per heavy atom. The fourth-order valence-electron chi connectivity index (χ4n) is 2.03. The van der Waals surface area contributed by atoms with Crippen LogP contribution in [-0.2, 0) is 6.42 Å². The van der Waals surface area contributed by atoms with Crippen molar-refractivity contribution in [1.29, 1.82) is 0 Å². The maximum absolute atomic E-state index is 12.5. The molecule has 0 atom stereocenters. The second-order valence-electron chi connectivity index (χ2n) is 4.38. The minimum absolute atomic E-state index is 0.243. The highest BCUT2D eigenvalue weighted by Crippen LogP contribution is 2.35. The molecule has 0 saturated heterocycles. The molecule has 0 radical (unpaired) electrons. The summed E-state index contributed by atoms with van der Waals surface area (Å²) in [6.45, 7) is 1.94. The fourth-order valence-corrected chi connectivity index (χ4v) is 2.03. The first-order valence-corrected chi connectivity index (χ1v) is 6.37. The van der Waals surface area contributed by atoms with Crippen molar-refractivity contribution < 1.29 is 17.9 Å². The van der Waals surface area contributed by atoms with Gasteiger partial charge in [-0.2, -0.15) is 0 Å². The Labute approximate surface area is 119 Å². The monoisotopic (exact) mass is 297 g/mol. The van der Waals surface area contributed by atoms with Crippen LogP contribution in [-0.4, -0.2) is 16.3 Å². The molecule has 1 aromatic heterocycles. The fraction of sp³-hybridized carbons (Fsp3) is 0.286. The highest BCUT2D eigenvalue weighted by atomic mass is 19.4. The number of nitrogens with two attached hydrogens (primary N) is 1. The summed E-state index contributed by atoms with van der Waals surface area (Å²) in [4.78, 5) is 7.97. The number of hydrogen-bond donors (Lipinski definition) is 1. The lowest BCUT2D eigenvalue weighted by molar-refractivity contribution is -0.274. The first-order valence-electron chi connectivity index (χ1n) is 6.37. The number of rotatable bonds is 4. The number of ether oxygens (including phenoxy) is 1. The number of alkyl halides is 3. The molecule has 0 amide bonds. The number of benzene rings is 1. The zero-order valence-electron chi connectivity index (χ0n) is 11.3. The Morgan fingerprint density at radius 3 is 2.57 bits per heavy atom.